The van der Waals surface area contributed by atoms with E-state index in [4.69, 9.17) is 11.6 Å². The summed E-state index contributed by atoms with van der Waals surface area (Å²) in [4.78, 5) is 1.14. The monoisotopic (exact) mass is 297 g/mol. The zero-order valence-electron chi connectivity index (χ0n) is 11.4. The van der Waals surface area contributed by atoms with Gasteiger partial charge in [0.05, 0.1) is 10.6 Å². The molecular weight excluding hydrogens is 278 g/mol. The Morgan fingerprint density at radius 3 is 2.58 bits per heavy atom. The Balaban J connectivity index is 2.04. The molecule has 104 valence electrons. The van der Waals surface area contributed by atoms with Crippen LogP contribution in [0.5, 0.6) is 0 Å². The van der Waals surface area contributed by atoms with Gasteiger partial charge in [0.25, 0.3) is 0 Å². The first-order valence-corrected chi connectivity index (χ1v) is 7.88. The molecule has 0 aliphatic heterocycles. The first-order chi connectivity index (χ1) is 9.09. The molecule has 1 aromatic heterocycles. The van der Waals surface area contributed by atoms with Crippen molar-refractivity contribution in [2.24, 2.45) is 0 Å². The van der Waals surface area contributed by atoms with E-state index in [9.17, 15) is 5.11 Å². The van der Waals surface area contributed by atoms with E-state index in [1.54, 1.807) is 11.3 Å². The van der Waals surface area contributed by atoms with Crippen molar-refractivity contribution < 1.29 is 5.11 Å². The minimum atomic E-state index is -0.608. The van der Waals surface area contributed by atoms with Gasteiger partial charge in [-0.25, -0.2) is 0 Å². The second-order valence-electron chi connectivity index (χ2n) is 4.87. The number of hydrogen-bond acceptors (Lipinski definition) is 3. The van der Waals surface area contributed by atoms with Crippen LogP contribution in [0.25, 0.3) is 10.1 Å². The molecule has 4 heteroatoms. The summed E-state index contributed by atoms with van der Waals surface area (Å²) in [7, 11) is 0. The summed E-state index contributed by atoms with van der Waals surface area (Å²) in [5.74, 6) is 0. The van der Waals surface area contributed by atoms with Crippen molar-refractivity contribution in [2.45, 2.75) is 38.8 Å². The first kappa shape index (κ1) is 14.8. The molecule has 0 aliphatic carbocycles. The summed E-state index contributed by atoms with van der Waals surface area (Å²) < 4.78 is 1.21. The molecule has 2 aromatic rings. The normalized spacial score (nSPS) is 12.2. The zero-order valence-corrected chi connectivity index (χ0v) is 12.9. The van der Waals surface area contributed by atoms with E-state index in [1.165, 1.54) is 4.70 Å². The quantitative estimate of drug-likeness (QED) is 0.838. The van der Waals surface area contributed by atoms with Gasteiger partial charge in [-0.2, -0.15) is 0 Å². The van der Waals surface area contributed by atoms with Gasteiger partial charge in [0.15, 0.2) is 0 Å². The molecule has 0 radical (unpaired) electrons. The Labute approximate surface area is 123 Å². The molecule has 0 amide bonds. The van der Waals surface area contributed by atoms with Crippen LogP contribution in [-0.2, 0) is 6.54 Å². The molecular formula is C15H20ClNOS. The SMILES string of the molecule is CCC(O)(CC)CNCc1sc2ccccc2c1Cl. The fourth-order valence-corrected chi connectivity index (χ4v) is 3.56. The van der Waals surface area contributed by atoms with Gasteiger partial charge in [-0.1, -0.05) is 43.6 Å². The molecule has 0 saturated heterocycles. The van der Waals surface area contributed by atoms with E-state index in [0.29, 0.717) is 13.1 Å². The van der Waals surface area contributed by atoms with Crippen LogP contribution >= 0.6 is 22.9 Å². The standard InChI is InChI=1S/C15H20ClNOS/c1-3-15(18,4-2)10-17-9-13-14(16)11-7-5-6-8-12(11)19-13/h5-8,17-18H,3-4,9-10H2,1-2H3. The van der Waals surface area contributed by atoms with Crippen LogP contribution in [0.2, 0.25) is 5.02 Å². The van der Waals surface area contributed by atoms with E-state index in [0.717, 1.165) is 28.1 Å². The molecule has 1 aromatic carbocycles. The first-order valence-electron chi connectivity index (χ1n) is 6.68. The molecule has 1 heterocycles. The highest BCUT2D eigenvalue weighted by atomic mass is 35.5. The van der Waals surface area contributed by atoms with Crippen molar-refractivity contribution in [3.05, 3.63) is 34.2 Å². The predicted octanol–water partition coefficient (Wildman–Crippen LogP) is 4.20. The number of nitrogens with one attached hydrogen (secondary N) is 1. The smallest absolute Gasteiger partial charge is 0.0766 e. The van der Waals surface area contributed by atoms with Crippen molar-refractivity contribution in [2.75, 3.05) is 6.54 Å². The molecule has 0 fully saturated rings. The van der Waals surface area contributed by atoms with Crippen LogP contribution in [0.3, 0.4) is 0 Å². The second-order valence-corrected chi connectivity index (χ2v) is 6.39. The lowest BCUT2D eigenvalue weighted by atomic mass is 9.98. The molecule has 2 nitrogen and oxygen atoms in total. The number of hydrogen-bond donors (Lipinski definition) is 2. The summed E-state index contributed by atoms with van der Waals surface area (Å²) in [6.07, 6.45) is 1.52. The van der Waals surface area contributed by atoms with Crippen LogP contribution in [0.15, 0.2) is 24.3 Å². The van der Waals surface area contributed by atoms with Crippen molar-refractivity contribution in [3.8, 4) is 0 Å². The van der Waals surface area contributed by atoms with Gasteiger partial charge in [0.2, 0.25) is 0 Å². The van der Waals surface area contributed by atoms with Crippen molar-refractivity contribution in [1.82, 2.24) is 5.32 Å². The summed E-state index contributed by atoms with van der Waals surface area (Å²) in [6.45, 7) is 5.33. The van der Waals surface area contributed by atoms with Gasteiger partial charge in [0, 0.05) is 28.1 Å². The Morgan fingerprint density at radius 2 is 1.95 bits per heavy atom. The maximum absolute atomic E-state index is 10.2. The summed E-state index contributed by atoms with van der Waals surface area (Å²) >= 11 is 8.10. The number of benzene rings is 1. The second kappa shape index (κ2) is 6.23. The summed E-state index contributed by atoms with van der Waals surface area (Å²) in [6, 6.07) is 8.17. The van der Waals surface area contributed by atoms with Gasteiger partial charge < -0.3 is 10.4 Å². The van der Waals surface area contributed by atoms with E-state index in [-0.39, 0.29) is 0 Å². The van der Waals surface area contributed by atoms with Crippen LogP contribution in [0.4, 0.5) is 0 Å². The van der Waals surface area contributed by atoms with Crippen molar-refractivity contribution >= 4 is 33.0 Å². The Morgan fingerprint density at radius 1 is 1.26 bits per heavy atom. The topological polar surface area (TPSA) is 32.3 Å². The van der Waals surface area contributed by atoms with Crippen LogP contribution in [-0.4, -0.2) is 17.3 Å². The van der Waals surface area contributed by atoms with Gasteiger partial charge in [-0.3, -0.25) is 0 Å². The Hall–Kier alpha value is -0.610. The Bertz CT molecular complexity index is 548. The Kier molecular flexibility index (Phi) is 4.85. The highest BCUT2D eigenvalue weighted by Crippen LogP contribution is 2.35. The number of aliphatic hydroxyl groups is 1. The predicted molar refractivity (Wildman–Crippen MR) is 84.1 cm³/mol. The summed E-state index contributed by atoms with van der Waals surface area (Å²) in [5.41, 5.74) is -0.608. The number of halogens is 1. The number of thiophene rings is 1. The molecule has 0 aliphatic rings. The lowest BCUT2D eigenvalue weighted by Gasteiger charge is -2.25. The van der Waals surface area contributed by atoms with Crippen LogP contribution in [0.1, 0.15) is 31.6 Å². The van der Waals surface area contributed by atoms with Crippen molar-refractivity contribution in [3.63, 3.8) is 0 Å². The molecule has 19 heavy (non-hydrogen) atoms. The molecule has 2 N–H and O–H groups in total. The molecule has 2 rings (SSSR count). The molecule has 0 saturated carbocycles. The summed E-state index contributed by atoms with van der Waals surface area (Å²) in [5, 5.41) is 15.5. The third kappa shape index (κ3) is 3.29. The number of fused-ring (bicyclic) bond motifs is 1. The van der Waals surface area contributed by atoms with Crippen LogP contribution in [0, 0.1) is 0 Å². The highest BCUT2D eigenvalue weighted by molar-refractivity contribution is 7.19. The molecule has 0 unspecified atom stereocenters. The lowest BCUT2D eigenvalue weighted by Crippen LogP contribution is -2.39. The lowest BCUT2D eigenvalue weighted by molar-refractivity contribution is 0.0323. The third-order valence-electron chi connectivity index (χ3n) is 3.66. The zero-order chi connectivity index (χ0) is 13.9. The van der Waals surface area contributed by atoms with Gasteiger partial charge in [-0.15, -0.1) is 11.3 Å². The van der Waals surface area contributed by atoms with E-state index in [2.05, 4.69) is 11.4 Å². The van der Waals surface area contributed by atoms with Gasteiger partial charge in [-0.05, 0) is 18.9 Å². The molecule has 0 bridgehead atoms. The fraction of sp³-hybridized carbons (Fsp3) is 0.467. The maximum Gasteiger partial charge on any atom is 0.0766 e. The van der Waals surface area contributed by atoms with E-state index in [1.807, 2.05) is 32.0 Å². The largest absolute Gasteiger partial charge is 0.389 e. The third-order valence-corrected chi connectivity index (χ3v) is 5.37. The van der Waals surface area contributed by atoms with Gasteiger partial charge >= 0.3 is 0 Å². The molecule has 0 atom stereocenters. The van der Waals surface area contributed by atoms with E-state index >= 15 is 0 Å². The minimum absolute atomic E-state index is 0.602. The van der Waals surface area contributed by atoms with Crippen molar-refractivity contribution in [1.29, 1.82) is 0 Å². The number of rotatable bonds is 6. The average molecular weight is 298 g/mol. The van der Waals surface area contributed by atoms with Gasteiger partial charge in [0.1, 0.15) is 0 Å². The minimum Gasteiger partial charge on any atom is -0.389 e. The molecule has 0 spiro atoms. The fourth-order valence-electron chi connectivity index (χ4n) is 2.09. The average Bonchev–Trinajstić information content (AvgIpc) is 2.76. The van der Waals surface area contributed by atoms with Crippen LogP contribution < -0.4 is 5.32 Å². The van der Waals surface area contributed by atoms with E-state index < -0.39 is 5.60 Å². The highest BCUT2D eigenvalue weighted by Gasteiger charge is 2.21. The maximum atomic E-state index is 10.2.